The van der Waals surface area contributed by atoms with Gasteiger partial charge in [0, 0.05) is 6.54 Å². The molecule has 0 bridgehead atoms. The average molecular weight is 335 g/mol. The summed E-state index contributed by atoms with van der Waals surface area (Å²) in [4.78, 5) is 0. The third-order valence-electron chi connectivity index (χ3n) is 3.08. The van der Waals surface area contributed by atoms with E-state index >= 15 is 0 Å². The molecular weight excluding hydrogens is 314 g/mol. The number of hydrogen-bond donors (Lipinski definition) is 1. The zero-order valence-electron chi connectivity index (χ0n) is 13.1. The maximum absolute atomic E-state index is 11.8. The number of para-hydroxylation sites is 1. The second kappa shape index (κ2) is 8.55. The lowest BCUT2D eigenvalue weighted by Crippen LogP contribution is -2.32. The monoisotopic (exact) mass is 335 g/mol. The molecule has 0 amide bonds. The van der Waals surface area contributed by atoms with Gasteiger partial charge in [0.1, 0.15) is 24.7 Å². The predicted octanol–water partition coefficient (Wildman–Crippen LogP) is 2.37. The maximum atomic E-state index is 11.8. The first-order chi connectivity index (χ1) is 11.1. The molecule has 0 aromatic heterocycles. The van der Waals surface area contributed by atoms with Crippen molar-refractivity contribution in [2.45, 2.75) is 6.92 Å². The van der Waals surface area contributed by atoms with Crippen LogP contribution in [0.5, 0.6) is 11.5 Å². The van der Waals surface area contributed by atoms with Crippen molar-refractivity contribution < 1.29 is 17.9 Å². The molecular formula is C17H21NO4S. The predicted molar refractivity (Wildman–Crippen MR) is 90.4 cm³/mol. The molecule has 5 nitrogen and oxygen atoms in total. The smallest absolute Gasteiger partial charge is 0.215 e. The number of rotatable bonds is 9. The summed E-state index contributed by atoms with van der Waals surface area (Å²) in [7, 11) is -3.37. The summed E-state index contributed by atoms with van der Waals surface area (Å²) in [6.45, 7) is 2.61. The summed E-state index contributed by atoms with van der Waals surface area (Å²) in [5.41, 5.74) is 1.15. The first-order valence-electron chi connectivity index (χ1n) is 7.40. The Balaban J connectivity index is 1.64. The first kappa shape index (κ1) is 17.3. The fourth-order valence-electron chi connectivity index (χ4n) is 1.86. The number of nitrogens with one attached hydrogen (secondary N) is 1. The van der Waals surface area contributed by atoms with E-state index in [0.717, 1.165) is 11.3 Å². The molecule has 0 aliphatic carbocycles. The van der Waals surface area contributed by atoms with Gasteiger partial charge in [-0.05, 0) is 31.2 Å². The van der Waals surface area contributed by atoms with E-state index in [1.165, 1.54) is 0 Å². The zero-order chi connectivity index (χ0) is 16.5. The van der Waals surface area contributed by atoms with Gasteiger partial charge in [0.05, 0.1) is 5.75 Å². The molecule has 0 fully saturated rings. The summed E-state index contributed by atoms with van der Waals surface area (Å²) in [6, 6.07) is 16.7. The summed E-state index contributed by atoms with van der Waals surface area (Å²) < 4.78 is 37.0. The minimum atomic E-state index is -3.37. The third-order valence-corrected chi connectivity index (χ3v) is 4.43. The molecule has 2 aromatic carbocycles. The van der Waals surface area contributed by atoms with Gasteiger partial charge < -0.3 is 9.47 Å². The molecule has 0 heterocycles. The molecule has 0 aliphatic rings. The average Bonchev–Trinajstić information content (AvgIpc) is 2.54. The molecule has 0 spiro atoms. The Kier molecular flexibility index (Phi) is 6.43. The molecule has 6 heteroatoms. The fraction of sp³-hybridized carbons (Fsp3) is 0.294. The highest BCUT2D eigenvalue weighted by Gasteiger charge is 2.09. The first-order valence-corrected chi connectivity index (χ1v) is 9.05. The lowest BCUT2D eigenvalue weighted by atomic mass is 10.2. The highest BCUT2D eigenvalue weighted by molar-refractivity contribution is 7.89. The van der Waals surface area contributed by atoms with Crippen molar-refractivity contribution in [2.75, 3.05) is 25.5 Å². The summed E-state index contributed by atoms with van der Waals surface area (Å²) in [5, 5.41) is 0. The van der Waals surface area contributed by atoms with Gasteiger partial charge in [-0.15, -0.1) is 0 Å². The van der Waals surface area contributed by atoms with Gasteiger partial charge in [0.2, 0.25) is 10.0 Å². The Morgan fingerprint density at radius 3 is 2.17 bits per heavy atom. The van der Waals surface area contributed by atoms with Crippen LogP contribution in [-0.4, -0.2) is 33.9 Å². The summed E-state index contributed by atoms with van der Waals surface area (Å²) >= 11 is 0. The molecule has 124 valence electrons. The number of hydrogen-bond acceptors (Lipinski definition) is 4. The Morgan fingerprint density at radius 1 is 0.870 bits per heavy atom. The van der Waals surface area contributed by atoms with E-state index in [4.69, 9.17) is 9.47 Å². The SMILES string of the molecule is Cc1ccc(OCCNS(=O)(=O)CCOc2ccccc2)cc1. The summed E-state index contributed by atoms with van der Waals surface area (Å²) in [5.74, 6) is 1.29. The van der Waals surface area contributed by atoms with E-state index in [0.29, 0.717) is 5.75 Å². The fourth-order valence-corrected chi connectivity index (χ4v) is 2.70. The van der Waals surface area contributed by atoms with Crippen LogP contribution in [0.2, 0.25) is 0 Å². The van der Waals surface area contributed by atoms with Crippen molar-refractivity contribution in [3.05, 3.63) is 60.2 Å². The van der Waals surface area contributed by atoms with Crippen molar-refractivity contribution in [3.63, 3.8) is 0 Å². The minimum absolute atomic E-state index is 0.0908. The number of aryl methyl sites for hydroxylation is 1. The Morgan fingerprint density at radius 2 is 1.48 bits per heavy atom. The second-order valence-corrected chi connectivity index (χ2v) is 6.96. The van der Waals surface area contributed by atoms with Crippen LogP contribution in [0.25, 0.3) is 0 Å². The molecule has 0 aliphatic heterocycles. The van der Waals surface area contributed by atoms with Gasteiger partial charge in [-0.1, -0.05) is 35.9 Å². The maximum Gasteiger partial charge on any atom is 0.215 e. The van der Waals surface area contributed by atoms with Crippen LogP contribution in [0, 0.1) is 6.92 Å². The molecule has 0 saturated heterocycles. The normalized spacial score (nSPS) is 11.2. The number of sulfonamides is 1. The molecule has 23 heavy (non-hydrogen) atoms. The quantitative estimate of drug-likeness (QED) is 0.715. The second-order valence-electron chi connectivity index (χ2n) is 5.04. The Hall–Kier alpha value is -2.05. The van der Waals surface area contributed by atoms with Crippen molar-refractivity contribution in [2.24, 2.45) is 0 Å². The molecule has 0 radical (unpaired) electrons. The number of ether oxygens (including phenoxy) is 2. The van der Waals surface area contributed by atoms with Crippen LogP contribution in [0.4, 0.5) is 0 Å². The van der Waals surface area contributed by atoms with E-state index in [9.17, 15) is 8.42 Å². The van der Waals surface area contributed by atoms with Crippen LogP contribution in [0.15, 0.2) is 54.6 Å². The van der Waals surface area contributed by atoms with Crippen LogP contribution in [-0.2, 0) is 10.0 Å². The van der Waals surface area contributed by atoms with E-state index < -0.39 is 10.0 Å². The highest BCUT2D eigenvalue weighted by Crippen LogP contribution is 2.11. The van der Waals surface area contributed by atoms with Gasteiger partial charge in [0.25, 0.3) is 0 Å². The van der Waals surface area contributed by atoms with Crippen LogP contribution in [0.3, 0.4) is 0 Å². The Labute approximate surface area is 137 Å². The van der Waals surface area contributed by atoms with Gasteiger partial charge in [-0.3, -0.25) is 0 Å². The van der Waals surface area contributed by atoms with Crippen LogP contribution in [0.1, 0.15) is 5.56 Å². The molecule has 0 unspecified atom stereocenters. The largest absolute Gasteiger partial charge is 0.492 e. The van der Waals surface area contributed by atoms with Gasteiger partial charge in [0.15, 0.2) is 0 Å². The van der Waals surface area contributed by atoms with Crippen molar-refractivity contribution >= 4 is 10.0 Å². The van der Waals surface area contributed by atoms with Crippen molar-refractivity contribution in [1.29, 1.82) is 0 Å². The standard InChI is InChI=1S/C17H21NO4S/c1-15-7-9-17(10-8-15)21-12-11-18-23(19,20)14-13-22-16-5-3-2-4-6-16/h2-10,18H,11-14H2,1H3. The lowest BCUT2D eigenvalue weighted by Gasteiger charge is -2.09. The van der Waals surface area contributed by atoms with Crippen molar-refractivity contribution in [3.8, 4) is 11.5 Å². The Bertz CT molecular complexity index is 684. The van der Waals surface area contributed by atoms with Gasteiger partial charge >= 0.3 is 0 Å². The topological polar surface area (TPSA) is 64.6 Å². The van der Waals surface area contributed by atoms with Gasteiger partial charge in [-0.25, -0.2) is 13.1 Å². The highest BCUT2D eigenvalue weighted by atomic mass is 32.2. The lowest BCUT2D eigenvalue weighted by molar-refractivity contribution is 0.321. The van der Waals surface area contributed by atoms with E-state index in [2.05, 4.69) is 4.72 Å². The number of benzene rings is 2. The van der Waals surface area contributed by atoms with Gasteiger partial charge in [-0.2, -0.15) is 0 Å². The van der Waals surface area contributed by atoms with Crippen LogP contribution >= 0.6 is 0 Å². The van der Waals surface area contributed by atoms with E-state index in [1.54, 1.807) is 12.1 Å². The van der Waals surface area contributed by atoms with Crippen LogP contribution < -0.4 is 14.2 Å². The molecule has 0 atom stereocenters. The van der Waals surface area contributed by atoms with Crippen molar-refractivity contribution in [1.82, 2.24) is 4.72 Å². The van der Waals surface area contributed by atoms with E-state index in [-0.39, 0.29) is 25.5 Å². The molecule has 2 rings (SSSR count). The minimum Gasteiger partial charge on any atom is -0.492 e. The zero-order valence-corrected chi connectivity index (χ0v) is 13.9. The molecule has 0 saturated carbocycles. The van der Waals surface area contributed by atoms with E-state index in [1.807, 2.05) is 49.4 Å². The molecule has 2 aromatic rings. The third kappa shape index (κ3) is 6.71. The molecule has 1 N–H and O–H groups in total. The summed E-state index contributed by atoms with van der Waals surface area (Å²) in [6.07, 6.45) is 0.